The predicted molar refractivity (Wildman–Crippen MR) is 623 cm³/mol. The first kappa shape index (κ1) is 84.6. The summed E-state index contributed by atoms with van der Waals surface area (Å²) in [4.78, 5) is 43.4. The molecule has 0 unspecified atom stereocenters. The molecule has 30 aromatic rings. The normalized spacial score (nSPS) is 12.6. The second-order valence-corrected chi connectivity index (χ2v) is 39.6. The SMILES string of the molecule is C1=Cc2cccc3cc4c(c(c23)C1)c1ccccc1n4-c1cc(-c2cc3cccnc3c3ncccc23)cc(-c2cc3cccnc3c3ncccc23)c1.C1=Cc2cccc3cc4c(c(c23)C1)c1ccccc1n4-c1ccc(-c2cc(-c3ccccc3)cc(-c3cc4cccnc4c4ncccc34)c2)cc1.C1=Cc2cccc3cc4c(c(c23)C1)c1ccccc1n4-c1cnc2c(-c3cc4cccnc4c4ncccc34)cccc2c1. The number of aromatic nitrogens is 12. The van der Waals surface area contributed by atoms with Gasteiger partial charge in [-0.25, -0.2) is 0 Å². The summed E-state index contributed by atoms with van der Waals surface area (Å²) >= 11 is 0. The Morgan fingerprint density at radius 3 is 0.907 bits per heavy atom. The highest BCUT2D eigenvalue weighted by Gasteiger charge is 2.29. The molecule has 696 valence electrons. The van der Waals surface area contributed by atoms with Crippen LogP contribution >= 0.6 is 0 Å². The van der Waals surface area contributed by atoms with Crippen LogP contribution in [0.5, 0.6) is 0 Å². The number of hydrogen-bond acceptors (Lipinski definition) is 9. The van der Waals surface area contributed by atoms with E-state index in [4.69, 9.17) is 39.9 Å². The minimum Gasteiger partial charge on any atom is -0.309 e. The maximum Gasteiger partial charge on any atom is 0.0970 e. The van der Waals surface area contributed by atoms with E-state index in [1.165, 1.54) is 153 Å². The number of nitrogens with zero attached hydrogens (tertiary/aromatic N) is 12. The number of rotatable bonds is 9. The van der Waals surface area contributed by atoms with Crippen molar-refractivity contribution in [3.05, 3.63) is 490 Å². The predicted octanol–water partition coefficient (Wildman–Crippen LogP) is 34.5. The Labute approximate surface area is 859 Å². The molecule has 0 saturated heterocycles. The molecule has 12 heteroatoms. The number of para-hydroxylation sites is 4. The van der Waals surface area contributed by atoms with Crippen LogP contribution in [-0.4, -0.2) is 58.6 Å². The second kappa shape index (κ2) is 33.8. The van der Waals surface area contributed by atoms with Crippen LogP contribution in [-0.2, 0) is 19.3 Å². The largest absolute Gasteiger partial charge is 0.309 e. The zero-order valence-electron chi connectivity index (χ0n) is 81.0. The van der Waals surface area contributed by atoms with E-state index < -0.39 is 0 Å². The van der Waals surface area contributed by atoms with Gasteiger partial charge < -0.3 is 13.7 Å². The Morgan fingerprint density at radius 2 is 0.480 bits per heavy atom. The topological polar surface area (TPSA) is 131 Å². The molecule has 12 aromatic heterocycles. The van der Waals surface area contributed by atoms with Crippen molar-refractivity contribution in [2.24, 2.45) is 0 Å². The van der Waals surface area contributed by atoms with Crippen molar-refractivity contribution in [3.63, 3.8) is 0 Å². The number of hydrogen-bond donors (Lipinski definition) is 0. The minimum absolute atomic E-state index is 0.898. The van der Waals surface area contributed by atoms with Gasteiger partial charge in [-0.05, 0) is 310 Å². The van der Waals surface area contributed by atoms with Crippen LogP contribution in [0.1, 0.15) is 33.4 Å². The fourth-order valence-corrected chi connectivity index (χ4v) is 25.0. The van der Waals surface area contributed by atoms with Gasteiger partial charge >= 0.3 is 0 Å². The summed E-state index contributed by atoms with van der Waals surface area (Å²) in [6.07, 6.45) is 33.3. The van der Waals surface area contributed by atoms with Crippen molar-refractivity contribution in [1.82, 2.24) is 58.6 Å². The molecule has 0 saturated carbocycles. The first-order valence-electron chi connectivity index (χ1n) is 51.2. The van der Waals surface area contributed by atoms with E-state index in [1.807, 2.05) is 104 Å². The first-order chi connectivity index (χ1) is 74.4. The molecule has 3 aliphatic rings. The summed E-state index contributed by atoms with van der Waals surface area (Å²) in [5.74, 6) is 0. The summed E-state index contributed by atoms with van der Waals surface area (Å²) in [6, 6.07) is 138. The van der Waals surface area contributed by atoms with E-state index >= 15 is 0 Å². The monoisotopic (exact) mass is 1910 g/mol. The van der Waals surface area contributed by atoms with Crippen LogP contribution in [0.2, 0.25) is 0 Å². The Hall–Kier alpha value is -20.0. The van der Waals surface area contributed by atoms with E-state index in [9.17, 15) is 0 Å². The lowest BCUT2D eigenvalue weighted by atomic mass is 9.89. The molecule has 0 radical (unpaired) electrons. The van der Waals surface area contributed by atoms with Gasteiger partial charge in [-0.2, -0.15) is 0 Å². The number of benzene rings is 18. The minimum atomic E-state index is 0.898. The quantitative estimate of drug-likeness (QED) is 0.130. The van der Waals surface area contributed by atoms with Gasteiger partial charge in [0.1, 0.15) is 0 Å². The summed E-state index contributed by atoms with van der Waals surface area (Å²) < 4.78 is 7.32. The third kappa shape index (κ3) is 13.3. The highest BCUT2D eigenvalue weighted by molar-refractivity contribution is 6.24. The lowest BCUT2D eigenvalue weighted by molar-refractivity contribution is 1.16. The lowest BCUT2D eigenvalue weighted by Crippen LogP contribution is -1.99. The Kier molecular flexibility index (Phi) is 19.1. The fourth-order valence-electron chi connectivity index (χ4n) is 25.0. The molecule has 0 aliphatic heterocycles. The molecule has 3 aliphatic carbocycles. The molecule has 0 spiro atoms. The average molecular weight is 1910 g/mol. The maximum absolute atomic E-state index is 5.18. The summed E-state index contributed by atoms with van der Waals surface area (Å²) in [7, 11) is 0. The van der Waals surface area contributed by atoms with E-state index in [-0.39, 0.29) is 0 Å². The summed E-state index contributed by atoms with van der Waals surface area (Å²) in [6.45, 7) is 0. The molecule has 0 bridgehead atoms. The molecule has 0 fully saturated rings. The van der Waals surface area contributed by atoms with Crippen molar-refractivity contribution in [2.75, 3.05) is 0 Å². The Bertz CT molecular complexity index is 11100. The van der Waals surface area contributed by atoms with Gasteiger partial charge in [0.05, 0.1) is 94.6 Å². The highest BCUT2D eigenvalue weighted by atomic mass is 15.0. The molecular formula is C138H84N12. The van der Waals surface area contributed by atoms with Crippen molar-refractivity contribution in [3.8, 4) is 83.8 Å². The van der Waals surface area contributed by atoms with Crippen LogP contribution in [0.3, 0.4) is 0 Å². The number of fused-ring (bicyclic) bond motifs is 25. The van der Waals surface area contributed by atoms with Gasteiger partial charge in [-0.1, -0.05) is 255 Å². The summed E-state index contributed by atoms with van der Waals surface area (Å²) in [5.41, 5.74) is 40.6. The zero-order valence-corrected chi connectivity index (χ0v) is 81.0. The number of pyridine rings is 9. The molecule has 18 aromatic carbocycles. The van der Waals surface area contributed by atoms with Crippen LogP contribution in [0.4, 0.5) is 0 Å². The van der Waals surface area contributed by atoms with Crippen LogP contribution in [0.25, 0.3) is 298 Å². The van der Waals surface area contributed by atoms with Crippen LogP contribution < -0.4 is 0 Å². The molecule has 12 heterocycles. The maximum atomic E-state index is 5.18. The van der Waals surface area contributed by atoms with Gasteiger partial charge in [0.25, 0.3) is 0 Å². The zero-order chi connectivity index (χ0) is 98.3. The third-order valence-electron chi connectivity index (χ3n) is 31.4. The molecule has 33 rings (SSSR count). The number of allylic oxidation sites excluding steroid dienone is 3. The van der Waals surface area contributed by atoms with Gasteiger partial charge in [0.2, 0.25) is 0 Å². The average Bonchev–Trinajstić information content (AvgIpc) is 1.56. The van der Waals surface area contributed by atoms with E-state index in [2.05, 4.69) is 389 Å². The van der Waals surface area contributed by atoms with Crippen molar-refractivity contribution in [2.45, 2.75) is 19.3 Å². The Balaban J connectivity index is 0.000000102. The van der Waals surface area contributed by atoms with Gasteiger partial charge in [0, 0.05) is 147 Å². The molecule has 150 heavy (non-hydrogen) atoms. The molecule has 0 N–H and O–H groups in total. The van der Waals surface area contributed by atoms with Gasteiger partial charge in [0.15, 0.2) is 0 Å². The standard InChI is InChI=1S/C49H29N5.C49H31N3.C40H24N4/c1-2-18-42-38(14-1)45-39-15-4-10-29-9-3-11-30(44(29)39)28-43(45)54(42)35-24-33(40-26-31-12-5-19-50-46(31)48-36(40)16-7-21-52-48)23-34(25-35)41-27-32-13-6-20-51-47(32)49-37(41)17-8-22-53-49;1-2-10-31(11-3-1)36-26-37(28-38(27-36)43-29-35-15-8-24-50-48(35)49-40(43)18-9-25-51-49)32-20-22-39(23-21-32)52-44-19-5-4-16-41(44)47-42-17-7-13-33-12-6-14-34(46(33)42)30-45(47)52;1-2-17-34-31(13-1)37-32-15-4-9-24-8-3-10-25(36(24)32)22-35(37)44(34)28-20-26-11-5-14-29(38(26)43-23-28)33-21-27-12-6-18-41-39(27)40-30(33)16-7-19-42-40/h1-14,16-28H,15H2;1-16,18-30H,17H2;1-14,16-23H,15H2. The van der Waals surface area contributed by atoms with Gasteiger partial charge in [-0.15, -0.1) is 0 Å². The molecule has 12 nitrogen and oxygen atoms in total. The van der Waals surface area contributed by atoms with Crippen molar-refractivity contribution < 1.29 is 0 Å². The van der Waals surface area contributed by atoms with Crippen molar-refractivity contribution >= 4 is 214 Å². The summed E-state index contributed by atoms with van der Waals surface area (Å²) in [5, 5.41) is 25.5. The van der Waals surface area contributed by atoms with Crippen LogP contribution in [0, 0.1) is 0 Å². The Morgan fingerprint density at radius 1 is 0.167 bits per heavy atom. The van der Waals surface area contributed by atoms with Gasteiger partial charge in [-0.3, -0.25) is 44.9 Å². The van der Waals surface area contributed by atoms with E-state index in [0.29, 0.717) is 0 Å². The smallest absolute Gasteiger partial charge is 0.0970 e. The second-order valence-electron chi connectivity index (χ2n) is 39.6. The van der Waals surface area contributed by atoms with E-state index in [1.54, 1.807) is 0 Å². The third-order valence-corrected chi connectivity index (χ3v) is 31.4. The first-order valence-corrected chi connectivity index (χ1v) is 51.2. The highest BCUT2D eigenvalue weighted by Crippen LogP contribution is 2.51. The molecule has 0 atom stereocenters. The fraction of sp³-hybridized carbons (Fsp3) is 0.0217. The van der Waals surface area contributed by atoms with Crippen molar-refractivity contribution in [1.29, 1.82) is 0 Å². The lowest BCUT2D eigenvalue weighted by Gasteiger charge is -2.18. The van der Waals surface area contributed by atoms with Crippen LogP contribution in [0.15, 0.2) is 456 Å². The molecular weight excluding hydrogens is 1830 g/mol. The molecule has 0 amide bonds. The van der Waals surface area contributed by atoms with E-state index in [0.717, 1.165) is 179 Å².